The van der Waals surface area contributed by atoms with Gasteiger partial charge in [0.05, 0.1) is 6.26 Å². The molecule has 1 aromatic rings. The molecule has 1 unspecified atom stereocenters. The summed E-state index contributed by atoms with van der Waals surface area (Å²) < 4.78 is 5.69. The highest BCUT2D eigenvalue weighted by Gasteiger charge is 2.02. The number of hydrogen-bond donors (Lipinski definition) is 1. The van der Waals surface area contributed by atoms with Crippen molar-refractivity contribution in [2.24, 2.45) is 5.92 Å². The molecule has 0 aliphatic carbocycles. The van der Waals surface area contributed by atoms with E-state index in [1.807, 2.05) is 6.26 Å². The maximum atomic E-state index is 9.00. The molecular weight excluding hydrogens is 288 g/mol. The molecule has 0 aromatic heterocycles. The zero-order chi connectivity index (χ0) is 17.7. The molecule has 1 rings (SSSR count). The molecule has 0 bridgehead atoms. The van der Waals surface area contributed by atoms with Gasteiger partial charge in [-0.05, 0) is 62.3 Å². The predicted molar refractivity (Wildman–Crippen MR) is 96.4 cm³/mol. The van der Waals surface area contributed by atoms with Crippen LogP contribution in [-0.2, 0) is 16.1 Å². The first-order chi connectivity index (χ1) is 10.9. The van der Waals surface area contributed by atoms with E-state index in [0.717, 1.165) is 19.8 Å². The SMILES string of the molecule is C/C=C\CC(/C=C/OCc1c(C)cccc1C)CC.CC(=O)O. The largest absolute Gasteiger partial charge is 0.497 e. The topological polar surface area (TPSA) is 46.5 Å². The first-order valence-electron chi connectivity index (χ1n) is 8.06. The van der Waals surface area contributed by atoms with Gasteiger partial charge in [0.25, 0.3) is 5.97 Å². The Morgan fingerprint density at radius 1 is 1.30 bits per heavy atom. The maximum absolute atomic E-state index is 9.00. The van der Waals surface area contributed by atoms with E-state index in [-0.39, 0.29) is 0 Å². The van der Waals surface area contributed by atoms with Gasteiger partial charge in [0.2, 0.25) is 0 Å². The molecule has 1 aromatic carbocycles. The Morgan fingerprint density at radius 3 is 2.35 bits per heavy atom. The zero-order valence-corrected chi connectivity index (χ0v) is 15.0. The van der Waals surface area contributed by atoms with Crippen LogP contribution in [0, 0.1) is 19.8 Å². The number of allylic oxidation sites excluding steroid dienone is 3. The van der Waals surface area contributed by atoms with Gasteiger partial charge in [-0.15, -0.1) is 0 Å². The Kier molecular flexibility index (Phi) is 11.4. The highest BCUT2D eigenvalue weighted by atomic mass is 16.5. The first-order valence-corrected chi connectivity index (χ1v) is 8.06. The van der Waals surface area contributed by atoms with Crippen molar-refractivity contribution >= 4 is 5.97 Å². The molecule has 0 aliphatic rings. The summed E-state index contributed by atoms with van der Waals surface area (Å²) in [6, 6.07) is 6.36. The lowest BCUT2D eigenvalue weighted by molar-refractivity contribution is -0.134. The molecule has 0 spiro atoms. The van der Waals surface area contributed by atoms with Gasteiger partial charge in [0, 0.05) is 6.92 Å². The number of aliphatic carboxylic acids is 1. The zero-order valence-electron chi connectivity index (χ0n) is 15.0. The number of rotatable bonds is 7. The Bertz CT molecular complexity index is 491. The third kappa shape index (κ3) is 10.3. The fraction of sp³-hybridized carbons (Fsp3) is 0.450. The van der Waals surface area contributed by atoms with Gasteiger partial charge in [-0.3, -0.25) is 4.79 Å². The van der Waals surface area contributed by atoms with E-state index in [1.165, 1.54) is 16.7 Å². The van der Waals surface area contributed by atoms with Crippen molar-refractivity contribution in [2.75, 3.05) is 0 Å². The average Bonchev–Trinajstić information content (AvgIpc) is 2.48. The van der Waals surface area contributed by atoms with Crippen LogP contribution in [0.2, 0.25) is 0 Å². The Labute approximate surface area is 140 Å². The molecule has 0 saturated carbocycles. The van der Waals surface area contributed by atoms with Gasteiger partial charge in [0.15, 0.2) is 0 Å². The monoisotopic (exact) mass is 318 g/mol. The smallest absolute Gasteiger partial charge is 0.300 e. The van der Waals surface area contributed by atoms with Gasteiger partial charge >= 0.3 is 0 Å². The van der Waals surface area contributed by atoms with Crippen molar-refractivity contribution in [3.63, 3.8) is 0 Å². The summed E-state index contributed by atoms with van der Waals surface area (Å²) in [6.07, 6.45) is 10.6. The van der Waals surface area contributed by atoms with E-state index in [0.29, 0.717) is 12.5 Å². The third-order valence-corrected chi connectivity index (χ3v) is 3.52. The number of aryl methyl sites for hydroxylation is 2. The molecule has 3 nitrogen and oxygen atoms in total. The average molecular weight is 318 g/mol. The second-order valence-electron chi connectivity index (χ2n) is 5.50. The summed E-state index contributed by atoms with van der Waals surface area (Å²) in [4.78, 5) is 9.00. The van der Waals surface area contributed by atoms with Gasteiger partial charge in [-0.2, -0.15) is 0 Å². The molecular formula is C20H30O3. The van der Waals surface area contributed by atoms with Crippen molar-refractivity contribution in [3.05, 3.63) is 59.4 Å². The quantitative estimate of drug-likeness (QED) is 0.539. The Balaban J connectivity index is 0.00000108. The van der Waals surface area contributed by atoms with Crippen LogP contribution in [0.4, 0.5) is 0 Å². The molecule has 1 N–H and O–H groups in total. The van der Waals surface area contributed by atoms with Crippen molar-refractivity contribution in [1.29, 1.82) is 0 Å². The van der Waals surface area contributed by atoms with Crippen LogP contribution in [0.15, 0.2) is 42.7 Å². The molecule has 23 heavy (non-hydrogen) atoms. The highest BCUT2D eigenvalue weighted by molar-refractivity contribution is 5.62. The van der Waals surface area contributed by atoms with Crippen LogP contribution < -0.4 is 0 Å². The number of carboxylic acids is 1. The normalized spacial score (nSPS) is 12.0. The molecule has 0 radical (unpaired) electrons. The lowest BCUT2D eigenvalue weighted by Gasteiger charge is -2.10. The van der Waals surface area contributed by atoms with Gasteiger partial charge < -0.3 is 9.84 Å². The lowest BCUT2D eigenvalue weighted by Crippen LogP contribution is -1.96. The molecule has 0 aliphatic heterocycles. The number of benzene rings is 1. The second-order valence-corrected chi connectivity index (χ2v) is 5.50. The van der Waals surface area contributed by atoms with E-state index >= 15 is 0 Å². The highest BCUT2D eigenvalue weighted by Crippen LogP contribution is 2.15. The molecule has 0 fully saturated rings. The summed E-state index contributed by atoms with van der Waals surface area (Å²) in [5, 5.41) is 7.42. The summed E-state index contributed by atoms with van der Waals surface area (Å²) in [6.45, 7) is 10.3. The molecule has 3 heteroatoms. The second kappa shape index (κ2) is 12.5. The number of carboxylic acid groups (broad SMARTS) is 1. The lowest BCUT2D eigenvalue weighted by atomic mass is 10.0. The number of ether oxygens (including phenoxy) is 1. The van der Waals surface area contributed by atoms with Crippen LogP contribution in [0.3, 0.4) is 0 Å². The Morgan fingerprint density at radius 2 is 1.87 bits per heavy atom. The third-order valence-electron chi connectivity index (χ3n) is 3.52. The van der Waals surface area contributed by atoms with Crippen LogP contribution in [0.25, 0.3) is 0 Å². The Hall–Kier alpha value is -2.03. The fourth-order valence-electron chi connectivity index (χ4n) is 2.07. The minimum atomic E-state index is -0.833. The minimum Gasteiger partial charge on any atom is -0.497 e. The van der Waals surface area contributed by atoms with Gasteiger partial charge in [-0.1, -0.05) is 37.3 Å². The van der Waals surface area contributed by atoms with Gasteiger partial charge in [0.1, 0.15) is 6.61 Å². The molecule has 0 amide bonds. The molecule has 1 atom stereocenters. The van der Waals surface area contributed by atoms with E-state index in [9.17, 15) is 0 Å². The van der Waals surface area contributed by atoms with Crippen molar-refractivity contribution in [3.8, 4) is 0 Å². The summed E-state index contributed by atoms with van der Waals surface area (Å²) in [5.74, 6) is -0.255. The fourth-order valence-corrected chi connectivity index (χ4v) is 2.07. The first kappa shape index (κ1) is 21.0. The van der Waals surface area contributed by atoms with Gasteiger partial charge in [-0.25, -0.2) is 0 Å². The van der Waals surface area contributed by atoms with E-state index in [2.05, 4.69) is 64.1 Å². The predicted octanol–water partition coefficient (Wildman–Crippen LogP) is 5.42. The van der Waals surface area contributed by atoms with Crippen LogP contribution >= 0.6 is 0 Å². The standard InChI is InChI=1S/C18H26O.C2H4O2/c1-5-7-11-17(6-2)12-13-19-14-18-15(3)9-8-10-16(18)4;1-2(3)4/h5,7-10,12-13,17H,6,11,14H2,1-4H3;1H3,(H,3,4)/b7-5-,13-12+;. The molecule has 0 saturated heterocycles. The van der Waals surface area contributed by atoms with Crippen molar-refractivity contribution < 1.29 is 14.6 Å². The summed E-state index contributed by atoms with van der Waals surface area (Å²) in [7, 11) is 0. The molecule has 0 heterocycles. The van der Waals surface area contributed by atoms with Crippen molar-refractivity contribution in [1.82, 2.24) is 0 Å². The minimum absolute atomic E-state index is 0.578. The summed E-state index contributed by atoms with van der Waals surface area (Å²) in [5.41, 5.74) is 3.90. The summed E-state index contributed by atoms with van der Waals surface area (Å²) >= 11 is 0. The van der Waals surface area contributed by atoms with E-state index < -0.39 is 5.97 Å². The molecule has 128 valence electrons. The van der Waals surface area contributed by atoms with Crippen LogP contribution in [0.1, 0.15) is 50.3 Å². The van der Waals surface area contributed by atoms with E-state index in [4.69, 9.17) is 14.6 Å². The van der Waals surface area contributed by atoms with Crippen LogP contribution in [-0.4, -0.2) is 11.1 Å². The maximum Gasteiger partial charge on any atom is 0.300 e. The number of hydrogen-bond acceptors (Lipinski definition) is 2. The van der Waals surface area contributed by atoms with Crippen molar-refractivity contribution in [2.45, 2.75) is 54.1 Å². The van der Waals surface area contributed by atoms with Crippen LogP contribution in [0.5, 0.6) is 0 Å². The van der Waals surface area contributed by atoms with E-state index in [1.54, 1.807) is 0 Å². The number of carbonyl (C=O) groups is 1.